The highest BCUT2D eigenvalue weighted by atomic mass is 19.4. The summed E-state index contributed by atoms with van der Waals surface area (Å²) >= 11 is 0. The number of benzene rings is 1. The van der Waals surface area contributed by atoms with Crippen LogP contribution in [0.25, 0.3) is 0 Å². The third kappa shape index (κ3) is 6.82. The highest BCUT2D eigenvalue weighted by molar-refractivity contribution is 5.47. The molecular weight excluding hydrogens is 417 g/mol. The van der Waals surface area contributed by atoms with Gasteiger partial charge in [0, 0.05) is 23.7 Å². The number of methoxy groups -OCH3 is 1. The molecule has 3 rings (SSSR count). The predicted octanol–water partition coefficient (Wildman–Crippen LogP) is 5.25. The van der Waals surface area contributed by atoms with E-state index in [-0.39, 0.29) is 12.3 Å². The summed E-state index contributed by atoms with van der Waals surface area (Å²) in [4.78, 5) is 0. The number of halogens is 3. The van der Waals surface area contributed by atoms with Gasteiger partial charge in [-0.2, -0.15) is 13.2 Å². The Hall–Kier alpha value is -2.87. The molecule has 176 valence electrons. The first-order valence-electron chi connectivity index (χ1n) is 10.7. The Balaban J connectivity index is 0.00000176. The van der Waals surface area contributed by atoms with Gasteiger partial charge in [-0.05, 0) is 62.2 Å². The quantitative estimate of drug-likeness (QED) is 0.306. The fourth-order valence-corrected chi connectivity index (χ4v) is 3.44. The van der Waals surface area contributed by atoms with E-state index in [1.54, 1.807) is 7.11 Å². The van der Waals surface area contributed by atoms with E-state index in [1.807, 2.05) is 39.4 Å². The minimum atomic E-state index is -4.33. The summed E-state index contributed by atoms with van der Waals surface area (Å²) in [6.07, 6.45) is 3.75. The normalized spacial score (nSPS) is 17.8. The lowest BCUT2D eigenvalue weighted by molar-refractivity contribution is -0.137. The van der Waals surface area contributed by atoms with Gasteiger partial charge in [-0.15, -0.1) is 0 Å². The number of ether oxygens (including phenoxy) is 1. The van der Waals surface area contributed by atoms with E-state index in [1.165, 1.54) is 12.1 Å². The summed E-state index contributed by atoms with van der Waals surface area (Å²) in [6.45, 7) is 8.20. The lowest BCUT2D eigenvalue weighted by Crippen LogP contribution is -2.36. The van der Waals surface area contributed by atoms with Crippen molar-refractivity contribution in [1.82, 2.24) is 16.0 Å². The van der Waals surface area contributed by atoms with Crippen molar-refractivity contribution in [2.45, 2.75) is 51.6 Å². The van der Waals surface area contributed by atoms with Crippen molar-refractivity contribution >= 4 is 5.69 Å². The molecule has 8 heteroatoms. The molecular formula is C24H33F3N4O. The predicted molar refractivity (Wildman–Crippen MR) is 124 cm³/mol. The maximum atomic E-state index is 12.7. The highest BCUT2D eigenvalue weighted by Crippen LogP contribution is 2.31. The van der Waals surface area contributed by atoms with E-state index in [0.717, 1.165) is 53.9 Å². The molecule has 5 nitrogen and oxygen atoms in total. The summed E-state index contributed by atoms with van der Waals surface area (Å²) in [5.74, 6) is 0.775. The molecule has 4 N–H and O–H groups in total. The van der Waals surface area contributed by atoms with Crippen molar-refractivity contribution in [2.24, 2.45) is 0 Å². The Kier molecular flexibility index (Phi) is 9.26. The van der Waals surface area contributed by atoms with Crippen molar-refractivity contribution in [3.8, 4) is 0 Å². The zero-order valence-electron chi connectivity index (χ0n) is 19.1. The number of alkyl halides is 3. The van der Waals surface area contributed by atoms with Gasteiger partial charge < -0.3 is 26.0 Å². The Morgan fingerprint density at radius 3 is 2.41 bits per heavy atom. The Morgan fingerprint density at radius 1 is 1.16 bits per heavy atom. The third-order valence-corrected chi connectivity index (χ3v) is 5.16. The van der Waals surface area contributed by atoms with Crippen molar-refractivity contribution in [1.29, 1.82) is 0 Å². The Morgan fingerprint density at radius 2 is 1.81 bits per heavy atom. The van der Waals surface area contributed by atoms with Crippen molar-refractivity contribution in [3.05, 3.63) is 77.4 Å². The lowest BCUT2D eigenvalue weighted by Gasteiger charge is -2.22. The molecule has 0 amide bonds. The van der Waals surface area contributed by atoms with Gasteiger partial charge in [-0.3, -0.25) is 0 Å². The second-order valence-electron chi connectivity index (χ2n) is 7.31. The molecule has 0 radical (unpaired) electrons. The fraction of sp³-hybridized carbons (Fsp3) is 0.417. The van der Waals surface area contributed by atoms with Crippen LogP contribution in [0.15, 0.2) is 71.8 Å². The molecule has 2 unspecified atom stereocenters. The van der Waals surface area contributed by atoms with Gasteiger partial charge in [0.15, 0.2) is 0 Å². The van der Waals surface area contributed by atoms with Crippen LogP contribution in [0.4, 0.5) is 18.9 Å². The number of nitrogens with one attached hydrogen (secondary N) is 4. The van der Waals surface area contributed by atoms with Crippen LogP contribution in [-0.4, -0.2) is 26.5 Å². The first-order valence-corrected chi connectivity index (χ1v) is 10.7. The van der Waals surface area contributed by atoms with Crippen LogP contribution in [0.2, 0.25) is 0 Å². The van der Waals surface area contributed by atoms with Gasteiger partial charge >= 0.3 is 6.18 Å². The number of dihydropyridines is 1. The molecule has 2 aliphatic heterocycles. The van der Waals surface area contributed by atoms with Crippen LogP contribution in [0.3, 0.4) is 0 Å². The van der Waals surface area contributed by atoms with Gasteiger partial charge in [0.25, 0.3) is 0 Å². The number of hydrogen-bond donors (Lipinski definition) is 4. The van der Waals surface area contributed by atoms with Crippen LogP contribution < -0.4 is 21.3 Å². The zero-order chi connectivity index (χ0) is 23.7. The Bertz CT molecular complexity index is 857. The number of fused-ring (bicyclic) bond motifs is 1. The Labute approximate surface area is 188 Å². The molecule has 0 fully saturated rings. The molecule has 0 aromatic heterocycles. The minimum absolute atomic E-state index is 0.0538. The van der Waals surface area contributed by atoms with Crippen LogP contribution >= 0.6 is 0 Å². The number of anilines is 1. The van der Waals surface area contributed by atoms with E-state index in [4.69, 9.17) is 4.74 Å². The molecule has 2 atom stereocenters. The monoisotopic (exact) mass is 450 g/mol. The van der Waals surface area contributed by atoms with Crippen LogP contribution in [0, 0.1) is 0 Å². The standard InChI is InChI=1S/C22H27F3N4O.C2H6/c1-14(10-15-12-27-21-19(15)11-18(30-3)13-28-21)4-9-20(26-2)29-17-7-5-16(6-8-17)22(23,24)25;1-2/h5-8,11-13,20-21,26-29H,1,4,9-10H2,2-3H3;1-2H3. The molecule has 0 aliphatic carbocycles. The van der Waals surface area contributed by atoms with Gasteiger partial charge in [0.1, 0.15) is 11.9 Å². The van der Waals surface area contributed by atoms with Crippen molar-refractivity contribution in [3.63, 3.8) is 0 Å². The summed E-state index contributed by atoms with van der Waals surface area (Å²) in [5, 5.41) is 12.9. The second kappa shape index (κ2) is 11.7. The van der Waals surface area contributed by atoms with Crippen molar-refractivity contribution in [2.75, 3.05) is 19.5 Å². The molecule has 0 saturated carbocycles. The highest BCUT2D eigenvalue weighted by Gasteiger charge is 2.30. The summed E-state index contributed by atoms with van der Waals surface area (Å²) in [6, 6.07) is 5.05. The minimum Gasteiger partial charge on any atom is -0.495 e. The average Bonchev–Trinajstić information content (AvgIpc) is 3.19. The zero-order valence-corrected chi connectivity index (χ0v) is 19.1. The largest absolute Gasteiger partial charge is 0.495 e. The molecule has 1 aromatic carbocycles. The topological polar surface area (TPSA) is 57.3 Å². The van der Waals surface area contributed by atoms with E-state index in [2.05, 4.69) is 27.8 Å². The van der Waals surface area contributed by atoms with Gasteiger partial charge in [-0.25, -0.2) is 0 Å². The fourth-order valence-electron chi connectivity index (χ4n) is 3.44. The molecule has 2 aliphatic rings. The average molecular weight is 451 g/mol. The van der Waals surface area contributed by atoms with E-state index >= 15 is 0 Å². The van der Waals surface area contributed by atoms with Gasteiger partial charge in [0.2, 0.25) is 0 Å². The molecule has 0 saturated heterocycles. The third-order valence-electron chi connectivity index (χ3n) is 5.16. The van der Waals surface area contributed by atoms with Crippen molar-refractivity contribution < 1.29 is 17.9 Å². The van der Waals surface area contributed by atoms with Gasteiger partial charge in [0.05, 0.1) is 18.8 Å². The van der Waals surface area contributed by atoms with Crippen LogP contribution in [0.5, 0.6) is 0 Å². The maximum Gasteiger partial charge on any atom is 0.416 e. The summed E-state index contributed by atoms with van der Waals surface area (Å²) in [5.41, 5.74) is 3.36. The summed E-state index contributed by atoms with van der Waals surface area (Å²) < 4.78 is 43.4. The van der Waals surface area contributed by atoms with E-state index < -0.39 is 11.7 Å². The van der Waals surface area contributed by atoms with E-state index in [9.17, 15) is 13.2 Å². The van der Waals surface area contributed by atoms with Crippen LogP contribution in [-0.2, 0) is 10.9 Å². The number of rotatable bonds is 9. The second-order valence-corrected chi connectivity index (χ2v) is 7.31. The first-order chi connectivity index (χ1) is 15.3. The first kappa shape index (κ1) is 25.4. The molecule has 2 heterocycles. The van der Waals surface area contributed by atoms with E-state index in [0.29, 0.717) is 5.69 Å². The van der Waals surface area contributed by atoms with Gasteiger partial charge in [-0.1, -0.05) is 26.0 Å². The van der Waals surface area contributed by atoms with Crippen LogP contribution in [0.1, 0.15) is 38.7 Å². The summed E-state index contributed by atoms with van der Waals surface area (Å²) in [7, 11) is 3.45. The molecule has 0 spiro atoms. The molecule has 0 bridgehead atoms. The molecule has 1 aromatic rings. The SMILES string of the molecule is C=C(CCC(NC)Nc1ccc(C(F)(F)F)cc1)CC1=CNC2NC=C(OC)C=C12.CC. The maximum absolute atomic E-state index is 12.7. The molecule has 32 heavy (non-hydrogen) atoms. The lowest BCUT2D eigenvalue weighted by atomic mass is 9.96. The number of hydrogen-bond acceptors (Lipinski definition) is 5. The smallest absolute Gasteiger partial charge is 0.416 e. The number of allylic oxidation sites excluding steroid dienone is 2.